The molecule has 0 fully saturated rings. The molecule has 1 heterocycles. The summed E-state index contributed by atoms with van der Waals surface area (Å²) in [6.07, 6.45) is 9.05. The molecule has 4 rings (SSSR count). The maximum Gasteiger partial charge on any atom is 0.170 e. The predicted octanol–water partition coefficient (Wildman–Crippen LogP) is 5.19. The lowest BCUT2D eigenvalue weighted by molar-refractivity contribution is 0.668. The molecule has 0 amide bonds. The Balaban J connectivity index is 2.28. The molecule has 0 spiro atoms. The van der Waals surface area contributed by atoms with E-state index >= 15 is 0 Å². The highest BCUT2D eigenvalue weighted by Crippen LogP contribution is 2.38. The van der Waals surface area contributed by atoms with Gasteiger partial charge in [-0.1, -0.05) is 18.2 Å². The first-order chi connectivity index (χ1) is 8.84. The highest BCUT2D eigenvalue weighted by atomic mass is 79.9. The normalized spacial score (nSPS) is 12.9. The number of furan rings is 1. The van der Waals surface area contributed by atoms with E-state index < -0.39 is 0 Å². The van der Waals surface area contributed by atoms with Gasteiger partial charge in [-0.3, -0.25) is 0 Å². The lowest BCUT2D eigenvalue weighted by Crippen LogP contribution is -1.87. The van der Waals surface area contributed by atoms with E-state index in [-0.39, 0.29) is 0 Å². The number of benzene rings is 2. The molecule has 0 unspecified atom stereocenters. The average molecular weight is 296 g/mol. The Hall–Kier alpha value is -1.89. The fourth-order valence-corrected chi connectivity index (χ4v) is 3.00. The molecule has 0 bridgehead atoms. The van der Waals surface area contributed by atoms with Crippen molar-refractivity contribution >= 4 is 50.0 Å². The van der Waals surface area contributed by atoms with E-state index in [0.717, 1.165) is 37.5 Å². The molecule has 3 aromatic rings. The van der Waals surface area contributed by atoms with Gasteiger partial charge < -0.3 is 4.42 Å². The smallest absolute Gasteiger partial charge is 0.170 e. The first-order valence-corrected chi connectivity index (χ1v) is 6.53. The average Bonchev–Trinajstić information content (AvgIpc) is 2.78. The van der Waals surface area contributed by atoms with Crippen LogP contribution in [0.1, 0.15) is 11.1 Å². The Morgan fingerprint density at radius 3 is 2.89 bits per heavy atom. The molecule has 84 valence electrons. The second-order valence-corrected chi connectivity index (χ2v) is 5.16. The first kappa shape index (κ1) is 10.1. The zero-order chi connectivity index (χ0) is 12.1. The molecule has 2 heteroatoms. The van der Waals surface area contributed by atoms with Crippen molar-refractivity contribution in [3.8, 4) is 0 Å². The molecule has 0 aliphatic heterocycles. The molecule has 1 nitrogen and oxygen atoms in total. The largest absolute Gasteiger partial charge is 0.453 e. The summed E-state index contributed by atoms with van der Waals surface area (Å²) in [5.74, 6) is 0. The Morgan fingerprint density at radius 2 is 1.94 bits per heavy atom. The minimum Gasteiger partial charge on any atom is -0.453 e. The van der Waals surface area contributed by atoms with E-state index in [4.69, 9.17) is 4.42 Å². The summed E-state index contributed by atoms with van der Waals surface area (Å²) < 4.78 is 7.06. The molecule has 2 aromatic carbocycles. The molecule has 0 N–H and O–H groups in total. The molecule has 1 aromatic heterocycles. The summed E-state index contributed by atoms with van der Waals surface area (Å²) in [7, 11) is 0. The van der Waals surface area contributed by atoms with Gasteiger partial charge in [0.1, 0.15) is 28.9 Å². The Bertz CT molecular complexity index is 837. The van der Waals surface area contributed by atoms with Crippen LogP contribution in [0.4, 0.5) is 0 Å². The lowest BCUT2D eigenvalue weighted by Gasteiger charge is -2.00. The summed E-state index contributed by atoms with van der Waals surface area (Å²) in [5.41, 5.74) is 4.13. The van der Waals surface area contributed by atoms with Crippen LogP contribution in [0.15, 0.2) is 45.3 Å². The Labute approximate surface area is 113 Å². The summed E-state index contributed by atoms with van der Waals surface area (Å²) in [6.45, 7) is 0. The maximum atomic E-state index is 5.99. The van der Waals surface area contributed by atoms with Crippen LogP contribution in [-0.2, 0) is 0 Å². The van der Waals surface area contributed by atoms with Gasteiger partial charge in [0, 0.05) is 16.8 Å². The number of hydrogen-bond donors (Lipinski definition) is 0. The van der Waals surface area contributed by atoms with E-state index in [1.165, 1.54) is 0 Å². The van der Waals surface area contributed by atoms with E-state index in [1.807, 2.05) is 36.4 Å². The summed E-state index contributed by atoms with van der Waals surface area (Å²) in [4.78, 5) is 0. The van der Waals surface area contributed by atoms with Gasteiger partial charge in [-0.15, -0.1) is 0 Å². The van der Waals surface area contributed by atoms with Crippen LogP contribution in [0.3, 0.4) is 0 Å². The zero-order valence-corrected chi connectivity index (χ0v) is 11.0. The second-order valence-electron chi connectivity index (χ2n) is 4.30. The number of fused-ring (bicyclic) bond motifs is 5. The van der Waals surface area contributed by atoms with Crippen LogP contribution in [0.2, 0.25) is 0 Å². The van der Waals surface area contributed by atoms with E-state index in [2.05, 4.69) is 34.1 Å². The van der Waals surface area contributed by atoms with Crippen molar-refractivity contribution in [1.29, 1.82) is 0 Å². The number of hydrogen-bond acceptors (Lipinski definition) is 1. The number of halogens is 1. The standard InChI is InChI=1S/C16H8BrO/c17-14-9-13-11-6-3-4-8-15(11)18-16(13)12-7-2-1-5-10(12)14/h2-9H/q+1. The topological polar surface area (TPSA) is 13.1 Å². The van der Waals surface area contributed by atoms with Crippen LogP contribution < -0.4 is 0 Å². The van der Waals surface area contributed by atoms with Gasteiger partial charge in [-0.2, -0.15) is 0 Å². The van der Waals surface area contributed by atoms with Gasteiger partial charge in [-0.05, 0) is 28.1 Å². The van der Waals surface area contributed by atoms with Crippen molar-refractivity contribution in [2.24, 2.45) is 0 Å². The molecule has 0 saturated heterocycles. The quantitative estimate of drug-likeness (QED) is 0.520. The van der Waals surface area contributed by atoms with Gasteiger partial charge in [-0.25, -0.2) is 0 Å². The summed E-state index contributed by atoms with van der Waals surface area (Å²) in [5, 5.41) is 2.30. The number of rotatable bonds is 0. The lowest BCUT2D eigenvalue weighted by atomic mass is 9.99. The minimum absolute atomic E-state index is 0.930. The highest BCUT2D eigenvalue weighted by Gasteiger charge is 2.21. The van der Waals surface area contributed by atoms with Crippen molar-refractivity contribution in [1.82, 2.24) is 0 Å². The number of para-hydroxylation sites is 1. The minimum atomic E-state index is 0.930. The fraction of sp³-hybridized carbons (Fsp3) is 0. The Kier molecular flexibility index (Phi) is 1.99. The van der Waals surface area contributed by atoms with Crippen molar-refractivity contribution in [3.63, 3.8) is 0 Å². The molecule has 18 heavy (non-hydrogen) atoms. The van der Waals surface area contributed by atoms with Crippen LogP contribution >= 0.6 is 15.9 Å². The zero-order valence-electron chi connectivity index (χ0n) is 9.41. The van der Waals surface area contributed by atoms with Crippen molar-refractivity contribution < 1.29 is 4.42 Å². The third-order valence-electron chi connectivity index (χ3n) is 3.27. The predicted molar refractivity (Wildman–Crippen MR) is 78.2 cm³/mol. The van der Waals surface area contributed by atoms with Crippen LogP contribution in [0, 0.1) is 6.08 Å². The van der Waals surface area contributed by atoms with Crippen molar-refractivity contribution in [2.45, 2.75) is 0 Å². The molecular formula is C16H8BrO+. The Morgan fingerprint density at radius 1 is 1.06 bits per heavy atom. The summed E-state index contributed by atoms with van der Waals surface area (Å²) >= 11 is 3.63. The van der Waals surface area contributed by atoms with Gasteiger partial charge in [0.15, 0.2) is 5.58 Å². The maximum absolute atomic E-state index is 5.99. The third-order valence-corrected chi connectivity index (χ3v) is 3.93. The molecule has 1 aliphatic rings. The van der Waals surface area contributed by atoms with Gasteiger partial charge in [0.2, 0.25) is 0 Å². The molecule has 0 atom stereocenters. The highest BCUT2D eigenvalue weighted by molar-refractivity contribution is 9.10. The first-order valence-electron chi connectivity index (χ1n) is 5.74. The summed E-state index contributed by atoms with van der Waals surface area (Å²) in [6, 6.07) is 10.2. The van der Waals surface area contributed by atoms with Crippen LogP contribution in [0.5, 0.6) is 0 Å². The van der Waals surface area contributed by atoms with Crippen molar-refractivity contribution in [3.05, 3.63) is 58.1 Å². The van der Waals surface area contributed by atoms with E-state index in [9.17, 15) is 0 Å². The van der Waals surface area contributed by atoms with Gasteiger partial charge in [0.05, 0.1) is 10.5 Å². The van der Waals surface area contributed by atoms with E-state index in [1.54, 1.807) is 0 Å². The van der Waals surface area contributed by atoms with Crippen LogP contribution in [-0.4, -0.2) is 0 Å². The van der Waals surface area contributed by atoms with Crippen molar-refractivity contribution in [2.75, 3.05) is 0 Å². The van der Waals surface area contributed by atoms with Crippen LogP contribution in [0.25, 0.3) is 34.1 Å². The number of allylic oxidation sites excluding steroid dienone is 2. The van der Waals surface area contributed by atoms with Gasteiger partial charge >= 0.3 is 0 Å². The second kappa shape index (κ2) is 3.55. The fourth-order valence-electron chi connectivity index (χ4n) is 2.44. The van der Waals surface area contributed by atoms with Gasteiger partial charge in [0.25, 0.3) is 0 Å². The monoisotopic (exact) mass is 295 g/mol. The third kappa shape index (κ3) is 1.25. The SMILES string of the molecule is Brc1cc2c(oc3ccccc32)c2c1C=[C+]C=C2. The molecule has 1 aliphatic carbocycles. The molecule has 0 radical (unpaired) electrons. The molecular weight excluding hydrogens is 288 g/mol. The molecule has 0 saturated carbocycles. The van der Waals surface area contributed by atoms with E-state index in [0.29, 0.717) is 0 Å².